The van der Waals surface area contributed by atoms with Crippen molar-refractivity contribution < 1.29 is 33.3 Å². The van der Waals surface area contributed by atoms with E-state index in [4.69, 9.17) is 23.7 Å². The van der Waals surface area contributed by atoms with Gasteiger partial charge in [-0.1, -0.05) is 128 Å². The number of ether oxygens (including phenoxy) is 5. The van der Waals surface area contributed by atoms with Gasteiger partial charge in [-0.25, -0.2) is 0 Å². The van der Waals surface area contributed by atoms with E-state index in [1.807, 2.05) is 104 Å². The van der Waals surface area contributed by atoms with Crippen molar-refractivity contribution in [3.8, 4) is 0 Å². The molecule has 0 saturated carbocycles. The monoisotopic (exact) mass is 640 g/mol. The highest BCUT2D eigenvalue weighted by atomic mass is 32.2. The molecule has 1 aliphatic rings. The zero-order chi connectivity index (χ0) is 32.2. The summed E-state index contributed by atoms with van der Waals surface area (Å²) in [5, 5.41) is 0. The number of carbonyl (C=O) groups excluding carboxylic acids is 2. The van der Waals surface area contributed by atoms with E-state index in [1.54, 1.807) is 24.3 Å². The molecular formula is C38H40O7S. The predicted molar refractivity (Wildman–Crippen MR) is 178 cm³/mol. The third kappa shape index (κ3) is 8.51. The van der Waals surface area contributed by atoms with E-state index in [0.29, 0.717) is 17.9 Å². The Bertz CT molecular complexity index is 1500. The number of ketones is 1. The van der Waals surface area contributed by atoms with Gasteiger partial charge in [-0.15, -0.1) is 11.8 Å². The van der Waals surface area contributed by atoms with Crippen LogP contribution < -0.4 is 0 Å². The van der Waals surface area contributed by atoms with Crippen LogP contribution >= 0.6 is 11.8 Å². The van der Waals surface area contributed by atoms with Crippen molar-refractivity contribution in [3.63, 3.8) is 0 Å². The van der Waals surface area contributed by atoms with Crippen molar-refractivity contribution in [3.05, 3.63) is 144 Å². The molecule has 0 bridgehead atoms. The van der Waals surface area contributed by atoms with E-state index < -0.39 is 35.3 Å². The Morgan fingerprint density at radius 3 is 1.67 bits per heavy atom. The molecule has 5 atom stereocenters. The predicted octanol–water partition coefficient (Wildman–Crippen LogP) is 7.04. The van der Waals surface area contributed by atoms with Gasteiger partial charge < -0.3 is 23.7 Å². The van der Waals surface area contributed by atoms with Crippen LogP contribution in [0.15, 0.2) is 121 Å². The van der Waals surface area contributed by atoms with Crippen LogP contribution in [0.25, 0.3) is 0 Å². The van der Waals surface area contributed by atoms with Gasteiger partial charge in [0.25, 0.3) is 0 Å². The Labute approximate surface area is 275 Å². The fourth-order valence-electron chi connectivity index (χ4n) is 5.57. The molecular weight excluding hydrogens is 600 g/mol. The lowest BCUT2D eigenvalue weighted by molar-refractivity contribution is -0.264. The van der Waals surface area contributed by atoms with Crippen LogP contribution in [0.2, 0.25) is 0 Å². The van der Waals surface area contributed by atoms with Crippen LogP contribution in [0.5, 0.6) is 0 Å². The third-order valence-electron chi connectivity index (χ3n) is 7.66. The number of esters is 1. The van der Waals surface area contributed by atoms with Gasteiger partial charge in [0.1, 0.15) is 18.3 Å². The number of Topliss-reactive ketones (excluding diaryl/α,β-unsaturated/α-hetero) is 1. The quantitative estimate of drug-likeness (QED) is 0.101. The zero-order valence-electron chi connectivity index (χ0n) is 26.2. The summed E-state index contributed by atoms with van der Waals surface area (Å²) >= 11 is 1.29. The minimum absolute atomic E-state index is 0.112. The molecule has 0 radical (unpaired) electrons. The highest BCUT2D eigenvalue weighted by Crippen LogP contribution is 2.45. The molecule has 0 spiro atoms. The molecule has 0 N–H and O–H groups in total. The van der Waals surface area contributed by atoms with Crippen LogP contribution in [-0.4, -0.2) is 53.5 Å². The van der Waals surface area contributed by atoms with Crippen molar-refractivity contribution >= 4 is 23.5 Å². The zero-order valence-corrected chi connectivity index (χ0v) is 27.0. The van der Waals surface area contributed by atoms with Crippen LogP contribution in [-0.2, 0) is 48.3 Å². The first-order chi connectivity index (χ1) is 22.5. The Hall–Kier alpha value is -3.79. The first-order valence-corrected chi connectivity index (χ1v) is 16.5. The Balaban J connectivity index is 1.56. The maximum atomic E-state index is 14.6. The maximum absolute atomic E-state index is 14.6. The molecule has 1 heterocycles. The maximum Gasteiger partial charge on any atom is 0.303 e. The highest BCUT2D eigenvalue weighted by Gasteiger charge is 2.62. The van der Waals surface area contributed by atoms with Gasteiger partial charge in [0.2, 0.25) is 10.7 Å². The van der Waals surface area contributed by atoms with Crippen molar-refractivity contribution in [2.24, 2.45) is 0 Å². The number of benzene rings is 4. The average Bonchev–Trinajstić information content (AvgIpc) is 3.09. The number of hydrogen-bond acceptors (Lipinski definition) is 8. The van der Waals surface area contributed by atoms with E-state index in [0.717, 1.165) is 16.7 Å². The van der Waals surface area contributed by atoms with Gasteiger partial charge in [-0.3, -0.25) is 9.59 Å². The van der Waals surface area contributed by atoms with Crippen molar-refractivity contribution in [1.82, 2.24) is 0 Å². The second-order valence-electron chi connectivity index (χ2n) is 11.0. The van der Waals surface area contributed by atoms with Crippen molar-refractivity contribution in [2.45, 2.75) is 63.0 Å². The largest absolute Gasteiger partial charge is 0.455 e. The van der Waals surface area contributed by atoms with Crippen LogP contribution in [0.4, 0.5) is 0 Å². The van der Waals surface area contributed by atoms with E-state index in [9.17, 15) is 9.59 Å². The lowest BCUT2D eigenvalue weighted by Gasteiger charge is -2.51. The lowest BCUT2D eigenvalue weighted by Crippen LogP contribution is -2.68. The number of carbonyl (C=O) groups is 2. The SMILES string of the molecule is CCS[C@@]1(C(=O)c2ccccc2)O[C@H](COCc2ccccc2)[C@@H](OCc2ccccc2)[C@H](OCc2ccccc2)[C@@H]1OC(C)=O. The molecule has 0 amide bonds. The Morgan fingerprint density at radius 1 is 0.696 bits per heavy atom. The molecule has 1 saturated heterocycles. The molecule has 0 aliphatic carbocycles. The van der Waals surface area contributed by atoms with E-state index in [-0.39, 0.29) is 25.6 Å². The second-order valence-corrected chi connectivity index (χ2v) is 12.5. The summed E-state index contributed by atoms with van der Waals surface area (Å²) in [5.74, 6) is -0.354. The van der Waals surface area contributed by atoms with E-state index in [1.165, 1.54) is 18.7 Å². The molecule has 5 rings (SSSR count). The summed E-state index contributed by atoms with van der Waals surface area (Å²) in [6.45, 7) is 4.19. The van der Waals surface area contributed by atoms with E-state index >= 15 is 0 Å². The van der Waals surface area contributed by atoms with Crippen LogP contribution in [0, 0.1) is 0 Å². The molecule has 1 fully saturated rings. The fraction of sp³-hybridized carbons (Fsp3) is 0.316. The third-order valence-corrected chi connectivity index (χ3v) is 8.89. The first kappa shape index (κ1) is 33.6. The smallest absolute Gasteiger partial charge is 0.303 e. The minimum atomic E-state index is -1.63. The molecule has 0 unspecified atom stereocenters. The summed E-state index contributed by atoms with van der Waals surface area (Å²) in [5.41, 5.74) is 3.33. The summed E-state index contributed by atoms with van der Waals surface area (Å²) in [4.78, 5) is 25.7. The molecule has 0 aromatic heterocycles. The molecule has 4 aromatic carbocycles. The fourth-order valence-corrected chi connectivity index (χ4v) is 6.78. The van der Waals surface area contributed by atoms with Gasteiger partial charge in [0, 0.05) is 12.5 Å². The van der Waals surface area contributed by atoms with Crippen molar-refractivity contribution in [1.29, 1.82) is 0 Å². The standard InChI is InChI=1S/C38H40O7S/c1-3-46-38(36(40)32-22-14-7-15-23-32)37(44-28(2)39)35(43-26-31-20-12-6-13-21-31)34(42-25-30-18-10-5-11-19-30)33(45-38)27-41-24-29-16-8-4-9-17-29/h4-23,33-35,37H,3,24-27H2,1-2H3/t33-,34-,35+,37+,38-/m1/s1. The van der Waals surface area contributed by atoms with Gasteiger partial charge in [0.15, 0.2) is 6.10 Å². The second kappa shape index (κ2) is 16.7. The molecule has 7 nitrogen and oxygen atoms in total. The van der Waals surface area contributed by atoms with Gasteiger partial charge in [0.05, 0.1) is 26.4 Å². The molecule has 1 aliphatic heterocycles. The van der Waals surface area contributed by atoms with Gasteiger partial charge in [-0.2, -0.15) is 0 Å². The Kier molecular flexibility index (Phi) is 12.2. The van der Waals surface area contributed by atoms with Gasteiger partial charge in [-0.05, 0) is 22.4 Å². The number of thioether (sulfide) groups is 1. The topological polar surface area (TPSA) is 80.3 Å². The minimum Gasteiger partial charge on any atom is -0.455 e. The molecule has 240 valence electrons. The molecule has 4 aromatic rings. The number of rotatable bonds is 15. The summed E-state index contributed by atoms with van der Waals surface area (Å²) < 4.78 is 32.4. The van der Waals surface area contributed by atoms with Gasteiger partial charge >= 0.3 is 5.97 Å². The molecule has 8 heteroatoms. The summed E-state index contributed by atoms with van der Waals surface area (Å²) in [7, 11) is 0. The van der Waals surface area contributed by atoms with Crippen LogP contribution in [0.1, 0.15) is 40.9 Å². The summed E-state index contributed by atoms with van der Waals surface area (Å²) in [6, 6.07) is 38.3. The van der Waals surface area contributed by atoms with Crippen LogP contribution in [0.3, 0.4) is 0 Å². The summed E-state index contributed by atoms with van der Waals surface area (Å²) in [6.07, 6.45) is -3.50. The normalized spacial score (nSPS) is 22.7. The van der Waals surface area contributed by atoms with Crippen molar-refractivity contribution in [2.75, 3.05) is 12.4 Å². The average molecular weight is 641 g/mol. The molecule has 46 heavy (non-hydrogen) atoms. The highest BCUT2D eigenvalue weighted by molar-refractivity contribution is 8.01. The lowest BCUT2D eigenvalue weighted by atomic mass is 9.89. The van der Waals surface area contributed by atoms with E-state index in [2.05, 4.69) is 0 Å². The Morgan fingerprint density at radius 2 is 1.17 bits per heavy atom. The number of hydrogen-bond donors (Lipinski definition) is 0. The first-order valence-electron chi connectivity index (χ1n) is 15.5.